The maximum absolute atomic E-state index is 13.2. The van der Waals surface area contributed by atoms with Gasteiger partial charge in [0.1, 0.15) is 11.6 Å². The molecule has 4 aromatic rings. The van der Waals surface area contributed by atoms with Crippen LogP contribution in [0.2, 0.25) is 0 Å². The van der Waals surface area contributed by atoms with Crippen LogP contribution in [-0.4, -0.2) is 26.6 Å². The van der Waals surface area contributed by atoms with Crippen molar-refractivity contribution in [3.05, 3.63) is 101 Å². The quantitative estimate of drug-likeness (QED) is 0.488. The van der Waals surface area contributed by atoms with Crippen LogP contribution in [-0.2, 0) is 0 Å². The Labute approximate surface area is 183 Å². The zero-order valence-corrected chi connectivity index (χ0v) is 17.5. The molecule has 3 aromatic carbocycles. The van der Waals surface area contributed by atoms with Crippen LogP contribution >= 0.6 is 0 Å². The lowest BCUT2D eigenvalue weighted by atomic mass is 10.1. The van der Waals surface area contributed by atoms with Crippen molar-refractivity contribution in [3.63, 3.8) is 0 Å². The Morgan fingerprint density at radius 3 is 2.38 bits per heavy atom. The summed E-state index contributed by atoms with van der Waals surface area (Å²) < 4.78 is 14.6. The minimum atomic E-state index is -0.565. The highest BCUT2D eigenvalue weighted by Gasteiger charge is 2.19. The maximum atomic E-state index is 13.2. The third kappa shape index (κ3) is 4.54. The van der Waals surface area contributed by atoms with E-state index in [2.05, 4.69) is 20.7 Å². The first kappa shape index (κ1) is 20.9. The highest BCUT2D eigenvalue weighted by molar-refractivity contribution is 6.11. The predicted octanol–water partition coefficient (Wildman–Crippen LogP) is 4.53. The van der Waals surface area contributed by atoms with Crippen molar-refractivity contribution < 1.29 is 14.0 Å². The molecule has 8 heteroatoms. The van der Waals surface area contributed by atoms with Gasteiger partial charge in [-0.05, 0) is 67.9 Å². The van der Waals surface area contributed by atoms with E-state index in [-0.39, 0.29) is 17.5 Å². The number of carbonyl (C=O) groups excluding carboxylic acids is 2. The van der Waals surface area contributed by atoms with E-state index in [9.17, 15) is 14.0 Å². The summed E-state index contributed by atoms with van der Waals surface area (Å²) in [6.07, 6.45) is 0. The summed E-state index contributed by atoms with van der Waals surface area (Å²) in [7, 11) is 0. The maximum Gasteiger partial charge on any atom is 0.295 e. The number of carbonyl (C=O) groups is 2. The molecule has 0 saturated carbocycles. The summed E-state index contributed by atoms with van der Waals surface area (Å²) in [6, 6.07) is 19.8. The van der Waals surface area contributed by atoms with Gasteiger partial charge in [-0.3, -0.25) is 9.59 Å². The minimum Gasteiger partial charge on any atom is -0.322 e. The number of nitrogens with zero attached hydrogens (tertiary/aromatic N) is 3. The molecule has 32 heavy (non-hydrogen) atoms. The van der Waals surface area contributed by atoms with Crippen LogP contribution < -0.4 is 10.6 Å². The van der Waals surface area contributed by atoms with E-state index in [4.69, 9.17) is 0 Å². The Bertz CT molecular complexity index is 1300. The van der Waals surface area contributed by atoms with Gasteiger partial charge in [0.15, 0.2) is 0 Å². The second-order valence-electron chi connectivity index (χ2n) is 7.19. The third-order valence-electron chi connectivity index (χ3n) is 4.74. The monoisotopic (exact) mass is 429 g/mol. The van der Waals surface area contributed by atoms with Gasteiger partial charge < -0.3 is 10.6 Å². The van der Waals surface area contributed by atoms with Crippen LogP contribution in [0.4, 0.5) is 15.8 Å². The molecule has 0 spiro atoms. The van der Waals surface area contributed by atoms with Gasteiger partial charge in [-0.2, -0.15) is 0 Å². The van der Waals surface area contributed by atoms with Crippen molar-refractivity contribution in [1.82, 2.24) is 14.8 Å². The summed E-state index contributed by atoms with van der Waals surface area (Å²) in [5.41, 5.74) is 2.89. The number of hydrogen-bond acceptors (Lipinski definition) is 4. The Morgan fingerprint density at radius 1 is 0.875 bits per heavy atom. The van der Waals surface area contributed by atoms with Gasteiger partial charge in [-0.15, -0.1) is 5.10 Å². The fraction of sp³-hybridized carbons (Fsp3) is 0.0833. The number of halogens is 1. The van der Waals surface area contributed by atoms with Gasteiger partial charge >= 0.3 is 0 Å². The summed E-state index contributed by atoms with van der Waals surface area (Å²) >= 11 is 0. The van der Waals surface area contributed by atoms with E-state index in [1.54, 1.807) is 49.4 Å². The number of anilines is 2. The summed E-state index contributed by atoms with van der Waals surface area (Å²) in [5.74, 6) is -0.893. The van der Waals surface area contributed by atoms with E-state index >= 15 is 0 Å². The smallest absolute Gasteiger partial charge is 0.295 e. The number of aromatic nitrogens is 3. The van der Waals surface area contributed by atoms with E-state index in [0.29, 0.717) is 28.5 Å². The molecule has 2 N–H and O–H groups in total. The number of benzene rings is 3. The average molecular weight is 429 g/mol. The van der Waals surface area contributed by atoms with Gasteiger partial charge in [0.05, 0.1) is 16.9 Å². The van der Waals surface area contributed by atoms with E-state index in [0.717, 1.165) is 5.56 Å². The zero-order valence-electron chi connectivity index (χ0n) is 17.5. The Morgan fingerprint density at radius 2 is 1.62 bits per heavy atom. The van der Waals surface area contributed by atoms with Crippen molar-refractivity contribution in [2.45, 2.75) is 13.8 Å². The number of para-hydroxylation sites is 1. The lowest BCUT2D eigenvalue weighted by molar-refractivity contribution is 0.101. The van der Waals surface area contributed by atoms with Crippen molar-refractivity contribution >= 4 is 23.2 Å². The highest BCUT2D eigenvalue weighted by atomic mass is 19.1. The fourth-order valence-electron chi connectivity index (χ4n) is 3.20. The molecule has 1 aromatic heterocycles. The normalized spacial score (nSPS) is 10.6. The van der Waals surface area contributed by atoms with Crippen LogP contribution in [0.5, 0.6) is 0 Å². The molecular weight excluding hydrogens is 409 g/mol. The number of rotatable bonds is 5. The van der Waals surface area contributed by atoms with Crippen LogP contribution in [0.15, 0.2) is 72.8 Å². The van der Waals surface area contributed by atoms with Gasteiger partial charge in [-0.1, -0.05) is 24.3 Å². The number of amides is 2. The van der Waals surface area contributed by atoms with E-state index < -0.39 is 5.91 Å². The minimum absolute atomic E-state index is 0.0688. The zero-order chi connectivity index (χ0) is 22.7. The first-order chi connectivity index (χ1) is 15.4. The molecule has 0 aliphatic carbocycles. The topological polar surface area (TPSA) is 88.9 Å². The standard InChI is InChI=1S/C24H20FN5O2/c1-15-6-5-7-18(14-15)27-23(31)20-8-3-4-9-21(20)28-24(32)22-26-16(2)30(29-22)19-12-10-17(25)11-13-19/h3-14H,1-2H3,(H,27,31)(H,28,32). The second kappa shape index (κ2) is 8.81. The summed E-state index contributed by atoms with van der Waals surface area (Å²) in [5, 5.41) is 9.77. The molecule has 160 valence electrons. The number of aryl methyl sites for hydroxylation is 2. The van der Waals surface area contributed by atoms with Crippen LogP contribution in [0.3, 0.4) is 0 Å². The largest absolute Gasteiger partial charge is 0.322 e. The first-order valence-corrected chi connectivity index (χ1v) is 9.89. The molecule has 0 unspecified atom stereocenters. The van der Waals surface area contributed by atoms with Crippen molar-refractivity contribution in [2.75, 3.05) is 10.6 Å². The Balaban J connectivity index is 1.55. The molecule has 0 bridgehead atoms. The first-order valence-electron chi connectivity index (χ1n) is 9.89. The third-order valence-corrected chi connectivity index (χ3v) is 4.74. The van der Waals surface area contributed by atoms with E-state index in [1.165, 1.54) is 16.8 Å². The van der Waals surface area contributed by atoms with Gasteiger partial charge in [0, 0.05) is 5.69 Å². The summed E-state index contributed by atoms with van der Waals surface area (Å²) in [4.78, 5) is 29.8. The lowest BCUT2D eigenvalue weighted by Gasteiger charge is -2.11. The molecule has 0 aliphatic rings. The molecule has 0 aliphatic heterocycles. The molecule has 4 rings (SSSR count). The summed E-state index contributed by atoms with van der Waals surface area (Å²) in [6.45, 7) is 3.63. The average Bonchev–Trinajstić information content (AvgIpc) is 3.16. The predicted molar refractivity (Wildman–Crippen MR) is 120 cm³/mol. The molecular formula is C24H20FN5O2. The van der Waals surface area contributed by atoms with Gasteiger partial charge in [0.25, 0.3) is 11.8 Å². The molecule has 0 atom stereocenters. The van der Waals surface area contributed by atoms with Crippen molar-refractivity contribution in [2.24, 2.45) is 0 Å². The molecule has 0 fully saturated rings. The van der Waals surface area contributed by atoms with E-state index in [1.807, 2.05) is 25.1 Å². The molecule has 7 nitrogen and oxygen atoms in total. The van der Waals surface area contributed by atoms with Crippen LogP contribution in [0.1, 0.15) is 32.4 Å². The molecule has 0 radical (unpaired) electrons. The Hall–Kier alpha value is -4.33. The second-order valence-corrected chi connectivity index (χ2v) is 7.19. The molecule has 1 heterocycles. The molecule has 0 saturated heterocycles. The highest BCUT2D eigenvalue weighted by Crippen LogP contribution is 2.19. The number of hydrogen-bond donors (Lipinski definition) is 2. The van der Waals surface area contributed by atoms with Gasteiger partial charge in [0.2, 0.25) is 5.82 Å². The van der Waals surface area contributed by atoms with Crippen molar-refractivity contribution in [1.29, 1.82) is 0 Å². The number of nitrogens with one attached hydrogen (secondary N) is 2. The van der Waals surface area contributed by atoms with Gasteiger partial charge in [-0.25, -0.2) is 14.1 Å². The van der Waals surface area contributed by atoms with Crippen LogP contribution in [0.25, 0.3) is 5.69 Å². The fourth-order valence-corrected chi connectivity index (χ4v) is 3.20. The Kier molecular flexibility index (Phi) is 5.76. The lowest BCUT2D eigenvalue weighted by Crippen LogP contribution is -2.19. The SMILES string of the molecule is Cc1cccc(NC(=O)c2ccccc2NC(=O)c2nc(C)n(-c3ccc(F)cc3)n2)c1. The molecule has 2 amide bonds. The van der Waals surface area contributed by atoms with Crippen LogP contribution in [0, 0.1) is 19.7 Å². The van der Waals surface area contributed by atoms with Crippen molar-refractivity contribution in [3.8, 4) is 5.69 Å².